The molecule has 0 fully saturated rings. The number of aryl methyl sites for hydroxylation is 1. The maximum absolute atomic E-state index is 12.8. The van der Waals surface area contributed by atoms with Crippen molar-refractivity contribution in [2.45, 2.75) is 101 Å². The van der Waals surface area contributed by atoms with Crippen LogP contribution in [0.3, 0.4) is 0 Å². The van der Waals surface area contributed by atoms with Crippen LogP contribution < -0.4 is 10.6 Å². The normalized spacial score (nSPS) is 11.7. The number of pyridine rings is 1. The zero-order valence-electron chi connectivity index (χ0n) is 33.7. The molecule has 8 heteroatoms. The summed E-state index contributed by atoms with van der Waals surface area (Å²) in [5.74, 6) is 1.42. The number of phenols is 1. The molecule has 52 heavy (non-hydrogen) atoms. The minimum atomic E-state index is -0.244. The maximum atomic E-state index is 12.8. The van der Waals surface area contributed by atoms with Crippen LogP contribution in [0.25, 0.3) is 10.8 Å². The van der Waals surface area contributed by atoms with E-state index in [4.69, 9.17) is 4.99 Å². The highest BCUT2D eigenvalue weighted by atomic mass is 16.3. The van der Waals surface area contributed by atoms with Gasteiger partial charge in [-0.05, 0) is 94.1 Å². The molecule has 8 nitrogen and oxygen atoms in total. The Morgan fingerprint density at radius 1 is 0.904 bits per heavy atom. The number of Topliss-reactive ketones (excluding diaryl/α,β-unsaturated/α-hetero) is 1. The number of aliphatic imine (C=N–C) groups is 2. The zero-order chi connectivity index (χ0) is 39.6. The molecule has 4 rings (SSSR count). The van der Waals surface area contributed by atoms with Gasteiger partial charge in [-0.25, -0.2) is 0 Å². The third kappa shape index (κ3) is 17.7. The number of carbonyl (C=O) groups is 2. The average Bonchev–Trinajstić information content (AvgIpc) is 3.16. The maximum Gasteiger partial charge on any atom is 0.251 e. The van der Waals surface area contributed by atoms with Crippen LogP contribution in [-0.4, -0.2) is 40.4 Å². The van der Waals surface area contributed by atoms with Crippen molar-refractivity contribution in [3.8, 4) is 5.75 Å². The van der Waals surface area contributed by atoms with Crippen LogP contribution in [-0.2, 0) is 4.79 Å². The summed E-state index contributed by atoms with van der Waals surface area (Å²) in [5.41, 5.74) is 4.65. The van der Waals surface area contributed by atoms with Crippen molar-refractivity contribution in [3.05, 3.63) is 114 Å². The Kier molecular flexibility index (Phi) is 24.0. The molecule has 0 aliphatic rings. The van der Waals surface area contributed by atoms with Gasteiger partial charge in [0.15, 0.2) is 0 Å². The molecular weight excluding hydrogens is 647 g/mol. The van der Waals surface area contributed by atoms with E-state index in [0.717, 1.165) is 51.2 Å². The second-order valence-electron chi connectivity index (χ2n) is 12.0. The Bertz CT molecular complexity index is 1730. The summed E-state index contributed by atoms with van der Waals surface area (Å²) >= 11 is 0. The molecule has 0 saturated heterocycles. The molecule has 1 aromatic heterocycles. The van der Waals surface area contributed by atoms with Crippen molar-refractivity contribution in [1.82, 2.24) is 15.6 Å². The predicted octanol–water partition coefficient (Wildman–Crippen LogP) is 11.1. The number of fused-ring (bicyclic) bond motifs is 1. The number of nitrogens with one attached hydrogen (secondary N) is 2. The van der Waals surface area contributed by atoms with Crippen molar-refractivity contribution in [3.63, 3.8) is 0 Å². The van der Waals surface area contributed by atoms with Gasteiger partial charge in [0.1, 0.15) is 11.5 Å². The van der Waals surface area contributed by atoms with Gasteiger partial charge < -0.3 is 15.7 Å². The van der Waals surface area contributed by atoms with Crippen molar-refractivity contribution in [1.29, 1.82) is 0 Å². The molecular formula is C44H63N5O3. The Labute approximate surface area is 313 Å². The summed E-state index contributed by atoms with van der Waals surface area (Å²) in [5, 5.41) is 17.7. The van der Waals surface area contributed by atoms with Crippen LogP contribution in [0.2, 0.25) is 0 Å². The number of phenolic OH excluding ortho intramolecular Hbond substituents is 1. The molecule has 0 bridgehead atoms. The Hall–Kier alpha value is -5.11. The lowest BCUT2D eigenvalue weighted by Gasteiger charge is -2.15. The van der Waals surface area contributed by atoms with Gasteiger partial charge >= 0.3 is 0 Å². The van der Waals surface area contributed by atoms with E-state index in [1.165, 1.54) is 12.8 Å². The fraction of sp³-hybridized carbons (Fsp3) is 0.386. The summed E-state index contributed by atoms with van der Waals surface area (Å²) < 4.78 is 0. The SMILES string of the molecule is C=CNC(C)=NC.CC.CC(=Nc1cc(C(=O)NC(C)c2cccc(O)c2)ccc1C)c1cc2ccccc2cn1.CCC(C)C(C)=O.CCCC. The number of aromatic hydroxyl groups is 1. The van der Waals surface area contributed by atoms with Gasteiger partial charge in [-0.2, -0.15) is 0 Å². The van der Waals surface area contributed by atoms with Crippen LogP contribution in [0.5, 0.6) is 5.75 Å². The Balaban J connectivity index is 0.00000107. The number of hydrogen-bond acceptors (Lipinski definition) is 6. The molecule has 0 aliphatic carbocycles. The average molecular weight is 710 g/mol. The third-order valence-electron chi connectivity index (χ3n) is 7.93. The quantitative estimate of drug-likeness (QED) is 0.118. The number of hydrogen-bond donors (Lipinski definition) is 3. The van der Waals surface area contributed by atoms with Crippen LogP contribution in [0.4, 0.5) is 5.69 Å². The van der Waals surface area contributed by atoms with Crippen molar-refractivity contribution >= 4 is 39.7 Å². The van der Waals surface area contributed by atoms with Gasteiger partial charge in [-0.3, -0.25) is 24.6 Å². The summed E-state index contributed by atoms with van der Waals surface area (Å²) in [6.07, 6.45) is 7.06. The van der Waals surface area contributed by atoms with E-state index in [9.17, 15) is 14.7 Å². The Morgan fingerprint density at radius 2 is 1.54 bits per heavy atom. The summed E-state index contributed by atoms with van der Waals surface area (Å²) in [7, 11) is 1.73. The number of nitrogens with zero attached hydrogens (tertiary/aromatic N) is 3. The standard InChI is InChI=1S/C27H25N3O2.C6H12O.C5H10N2.C4H10.C2H6/c1-17-11-12-22(27(32)30-18(2)20-9-6-10-24(31)13-20)15-25(17)29-19(3)26-14-21-7-4-5-8-23(21)16-28-26;1-4-5(2)6(3)7;1-4-7-5(2)6-3;1-3-4-2;1-2/h4-16,18,31H,1-3H3,(H,30,32);5H,4H2,1-3H3;4H,1H2,2-3H3,(H,6,7);3-4H2,1-2H3;1-2H3. The molecule has 0 radical (unpaired) electrons. The molecule has 4 aromatic rings. The Morgan fingerprint density at radius 3 is 2.04 bits per heavy atom. The van der Waals surface area contributed by atoms with Crippen LogP contribution >= 0.6 is 0 Å². The van der Waals surface area contributed by atoms with Gasteiger partial charge in [0.25, 0.3) is 5.91 Å². The zero-order valence-corrected chi connectivity index (χ0v) is 33.7. The fourth-order valence-corrected chi connectivity index (χ4v) is 4.05. The number of amides is 1. The first-order chi connectivity index (χ1) is 24.8. The van der Waals surface area contributed by atoms with E-state index < -0.39 is 0 Å². The predicted molar refractivity (Wildman–Crippen MR) is 223 cm³/mol. The monoisotopic (exact) mass is 709 g/mol. The fourth-order valence-electron chi connectivity index (χ4n) is 4.05. The van der Waals surface area contributed by atoms with E-state index in [0.29, 0.717) is 11.3 Å². The molecule has 0 aliphatic heterocycles. The minimum Gasteiger partial charge on any atom is -0.508 e. The molecule has 3 aromatic carbocycles. The number of carbonyl (C=O) groups excluding carboxylic acids is 2. The highest BCUT2D eigenvalue weighted by molar-refractivity contribution is 6.02. The van der Waals surface area contributed by atoms with E-state index in [-0.39, 0.29) is 23.6 Å². The van der Waals surface area contributed by atoms with Gasteiger partial charge in [-0.1, -0.05) is 103 Å². The molecule has 282 valence electrons. The molecule has 2 unspecified atom stereocenters. The number of ketones is 1. The molecule has 1 amide bonds. The minimum absolute atomic E-state index is 0.174. The van der Waals surface area contributed by atoms with Crippen LogP contribution in [0.15, 0.2) is 102 Å². The second kappa shape index (κ2) is 26.7. The smallest absolute Gasteiger partial charge is 0.251 e. The topological polar surface area (TPSA) is 116 Å². The molecule has 0 saturated carbocycles. The van der Waals surface area contributed by atoms with Crippen molar-refractivity contribution < 1.29 is 14.7 Å². The van der Waals surface area contributed by atoms with Gasteiger partial charge in [0, 0.05) is 30.1 Å². The third-order valence-corrected chi connectivity index (χ3v) is 7.93. The van der Waals surface area contributed by atoms with E-state index in [2.05, 4.69) is 47.1 Å². The lowest BCUT2D eigenvalue weighted by atomic mass is 10.1. The lowest BCUT2D eigenvalue weighted by molar-refractivity contribution is -0.120. The van der Waals surface area contributed by atoms with Gasteiger partial charge in [0.05, 0.1) is 29.0 Å². The highest BCUT2D eigenvalue weighted by Gasteiger charge is 2.14. The summed E-state index contributed by atoms with van der Waals surface area (Å²) in [6.45, 7) is 25.1. The molecule has 3 N–H and O–H groups in total. The van der Waals surface area contributed by atoms with E-state index in [1.54, 1.807) is 50.5 Å². The summed E-state index contributed by atoms with van der Waals surface area (Å²) in [6, 6.07) is 22.2. The van der Waals surface area contributed by atoms with E-state index >= 15 is 0 Å². The number of aromatic nitrogens is 1. The first-order valence-corrected chi connectivity index (χ1v) is 18.2. The lowest BCUT2D eigenvalue weighted by Crippen LogP contribution is -2.26. The first-order valence-electron chi connectivity index (χ1n) is 18.2. The molecule has 0 spiro atoms. The van der Waals surface area contributed by atoms with Crippen LogP contribution in [0, 0.1) is 12.8 Å². The van der Waals surface area contributed by atoms with E-state index in [1.807, 2.05) is 98.0 Å². The van der Waals surface area contributed by atoms with Gasteiger partial charge in [-0.15, -0.1) is 0 Å². The molecule has 1 heterocycles. The van der Waals surface area contributed by atoms with Crippen molar-refractivity contribution in [2.24, 2.45) is 15.9 Å². The van der Waals surface area contributed by atoms with Crippen LogP contribution in [0.1, 0.15) is 122 Å². The number of benzene rings is 3. The number of amidine groups is 1. The number of unbranched alkanes of at least 4 members (excludes halogenated alkanes) is 1. The van der Waals surface area contributed by atoms with Crippen molar-refractivity contribution in [2.75, 3.05) is 7.05 Å². The largest absolute Gasteiger partial charge is 0.508 e. The second-order valence-corrected chi connectivity index (χ2v) is 12.0. The highest BCUT2D eigenvalue weighted by Crippen LogP contribution is 2.24. The first kappa shape index (κ1) is 46.9. The molecule has 2 atom stereocenters. The van der Waals surface area contributed by atoms with Gasteiger partial charge in [0.2, 0.25) is 0 Å². The summed E-state index contributed by atoms with van der Waals surface area (Å²) in [4.78, 5) is 36.3. The number of rotatable bonds is 9.